The number of fused-ring (bicyclic) bond motifs is 3. The number of aromatic nitrogens is 5. The van der Waals surface area contributed by atoms with Gasteiger partial charge in [0.25, 0.3) is 0 Å². The first kappa shape index (κ1) is 7.66. The molecule has 14 heavy (non-hydrogen) atoms. The number of tetrazole rings is 1. The maximum Gasteiger partial charge on any atom is 0.225 e. The maximum atomic E-state index is 5.73. The Hall–Kier alpha value is -1.72. The van der Waals surface area contributed by atoms with Gasteiger partial charge in [0.2, 0.25) is 5.95 Å². The van der Waals surface area contributed by atoms with Crippen molar-refractivity contribution in [2.24, 2.45) is 0 Å². The van der Waals surface area contributed by atoms with Crippen LogP contribution in [0.2, 0.25) is 0 Å². The molecular formula is C8H10N6. The Balaban J connectivity index is 2.38. The lowest BCUT2D eigenvalue weighted by atomic mass is 9.97. The molecule has 0 fully saturated rings. The van der Waals surface area contributed by atoms with Crippen molar-refractivity contribution in [1.82, 2.24) is 25.0 Å². The summed E-state index contributed by atoms with van der Waals surface area (Å²) in [5.41, 5.74) is 8.73. The molecular weight excluding hydrogens is 180 g/mol. The second kappa shape index (κ2) is 2.63. The molecule has 1 aliphatic carbocycles. The van der Waals surface area contributed by atoms with Crippen molar-refractivity contribution in [2.75, 3.05) is 5.73 Å². The van der Waals surface area contributed by atoms with E-state index in [4.69, 9.17) is 5.73 Å². The van der Waals surface area contributed by atoms with Gasteiger partial charge in [0, 0.05) is 5.56 Å². The van der Waals surface area contributed by atoms with E-state index in [0.717, 1.165) is 29.7 Å². The fourth-order valence-electron chi connectivity index (χ4n) is 1.97. The van der Waals surface area contributed by atoms with E-state index in [1.807, 2.05) is 0 Å². The first-order valence-corrected chi connectivity index (χ1v) is 4.71. The number of anilines is 1. The van der Waals surface area contributed by atoms with Gasteiger partial charge in [-0.15, -0.1) is 5.10 Å². The predicted molar refractivity (Wildman–Crippen MR) is 49.6 cm³/mol. The minimum absolute atomic E-state index is 0.380. The molecule has 0 atom stereocenters. The van der Waals surface area contributed by atoms with Gasteiger partial charge < -0.3 is 5.73 Å². The van der Waals surface area contributed by atoms with Crippen molar-refractivity contribution in [3.8, 4) is 0 Å². The zero-order valence-corrected chi connectivity index (χ0v) is 7.64. The lowest BCUT2D eigenvalue weighted by Gasteiger charge is -2.14. The first-order valence-electron chi connectivity index (χ1n) is 4.71. The van der Waals surface area contributed by atoms with E-state index in [1.54, 1.807) is 0 Å². The van der Waals surface area contributed by atoms with Gasteiger partial charge in [-0.1, -0.05) is 0 Å². The summed E-state index contributed by atoms with van der Waals surface area (Å²) in [6.07, 6.45) is 4.35. The highest BCUT2D eigenvalue weighted by Gasteiger charge is 2.17. The van der Waals surface area contributed by atoms with Gasteiger partial charge in [0.05, 0.1) is 5.69 Å². The molecule has 0 radical (unpaired) electrons. The average molecular weight is 190 g/mol. The molecule has 0 spiro atoms. The molecule has 2 heterocycles. The lowest BCUT2D eigenvalue weighted by molar-refractivity contribution is 0.663. The van der Waals surface area contributed by atoms with Gasteiger partial charge in [-0.05, 0) is 36.1 Å². The Labute approximate surface area is 80.1 Å². The van der Waals surface area contributed by atoms with Crippen LogP contribution in [-0.2, 0) is 12.8 Å². The quantitative estimate of drug-likeness (QED) is 0.631. The van der Waals surface area contributed by atoms with Crippen LogP contribution in [0.25, 0.3) is 5.65 Å². The number of nitrogen functional groups attached to an aromatic ring is 1. The third kappa shape index (κ3) is 0.905. The fourth-order valence-corrected chi connectivity index (χ4v) is 1.97. The molecule has 0 aliphatic heterocycles. The summed E-state index contributed by atoms with van der Waals surface area (Å²) in [6.45, 7) is 0. The molecule has 1 aliphatic rings. The largest absolute Gasteiger partial charge is 0.368 e. The van der Waals surface area contributed by atoms with E-state index in [-0.39, 0.29) is 0 Å². The third-order valence-corrected chi connectivity index (χ3v) is 2.64. The first-order chi connectivity index (χ1) is 6.86. The molecule has 0 unspecified atom stereocenters. The molecule has 2 N–H and O–H groups in total. The van der Waals surface area contributed by atoms with Crippen LogP contribution in [0.4, 0.5) is 5.95 Å². The van der Waals surface area contributed by atoms with E-state index < -0.39 is 0 Å². The van der Waals surface area contributed by atoms with E-state index in [9.17, 15) is 0 Å². The van der Waals surface area contributed by atoms with Crippen molar-refractivity contribution < 1.29 is 0 Å². The number of nitrogens with two attached hydrogens (primary N) is 1. The van der Waals surface area contributed by atoms with Crippen LogP contribution in [0.15, 0.2) is 0 Å². The number of nitrogens with zero attached hydrogens (tertiary/aromatic N) is 5. The smallest absolute Gasteiger partial charge is 0.225 e. The molecule has 3 rings (SSSR count). The van der Waals surface area contributed by atoms with Crippen LogP contribution in [0, 0.1) is 0 Å². The summed E-state index contributed by atoms with van der Waals surface area (Å²) >= 11 is 0. The molecule has 2 aromatic heterocycles. The highest BCUT2D eigenvalue weighted by molar-refractivity contribution is 5.52. The number of aryl methyl sites for hydroxylation is 2. The van der Waals surface area contributed by atoms with E-state index in [1.165, 1.54) is 17.4 Å². The van der Waals surface area contributed by atoms with Crippen molar-refractivity contribution in [1.29, 1.82) is 0 Å². The summed E-state index contributed by atoms with van der Waals surface area (Å²) in [5, 5.41) is 11.4. The Morgan fingerprint density at radius 2 is 2.07 bits per heavy atom. The second-order valence-electron chi connectivity index (χ2n) is 3.52. The summed E-state index contributed by atoms with van der Waals surface area (Å²) in [5.74, 6) is 0.380. The SMILES string of the molecule is Nc1nc2c(c3nnnn13)CCCC2. The number of hydrogen-bond acceptors (Lipinski definition) is 5. The van der Waals surface area contributed by atoms with Gasteiger partial charge in [-0.25, -0.2) is 4.98 Å². The van der Waals surface area contributed by atoms with Crippen molar-refractivity contribution in [3.05, 3.63) is 11.3 Å². The van der Waals surface area contributed by atoms with Gasteiger partial charge in [0.15, 0.2) is 5.65 Å². The van der Waals surface area contributed by atoms with Gasteiger partial charge >= 0.3 is 0 Å². The van der Waals surface area contributed by atoms with Crippen molar-refractivity contribution in [3.63, 3.8) is 0 Å². The molecule has 6 heteroatoms. The monoisotopic (exact) mass is 190 g/mol. The molecule has 2 aromatic rings. The molecule has 0 bridgehead atoms. The summed E-state index contributed by atoms with van der Waals surface area (Å²) < 4.78 is 1.50. The van der Waals surface area contributed by atoms with E-state index >= 15 is 0 Å². The minimum atomic E-state index is 0.380. The Morgan fingerprint density at radius 3 is 3.00 bits per heavy atom. The van der Waals surface area contributed by atoms with Crippen LogP contribution < -0.4 is 5.73 Å². The second-order valence-corrected chi connectivity index (χ2v) is 3.52. The number of hydrogen-bond donors (Lipinski definition) is 1. The van der Waals surface area contributed by atoms with Gasteiger partial charge in [0.1, 0.15) is 0 Å². The summed E-state index contributed by atoms with van der Waals surface area (Å²) in [7, 11) is 0. The predicted octanol–water partition coefficient (Wildman–Crippen LogP) is -0.0197. The van der Waals surface area contributed by atoms with Crippen molar-refractivity contribution >= 4 is 11.6 Å². The van der Waals surface area contributed by atoms with Crippen LogP contribution >= 0.6 is 0 Å². The summed E-state index contributed by atoms with van der Waals surface area (Å²) in [4.78, 5) is 4.31. The number of rotatable bonds is 0. The molecule has 72 valence electrons. The molecule has 0 saturated heterocycles. The van der Waals surface area contributed by atoms with Crippen LogP contribution in [-0.4, -0.2) is 25.0 Å². The zero-order valence-electron chi connectivity index (χ0n) is 7.64. The highest BCUT2D eigenvalue weighted by atomic mass is 15.5. The molecule has 0 aromatic carbocycles. The normalized spacial score (nSPS) is 15.7. The average Bonchev–Trinajstić information content (AvgIpc) is 2.67. The summed E-state index contributed by atoms with van der Waals surface area (Å²) in [6, 6.07) is 0. The minimum Gasteiger partial charge on any atom is -0.368 e. The topological polar surface area (TPSA) is 82.0 Å². The van der Waals surface area contributed by atoms with E-state index in [2.05, 4.69) is 20.5 Å². The lowest BCUT2D eigenvalue weighted by Crippen LogP contribution is -2.12. The maximum absolute atomic E-state index is 5.73. The van der Waals surface area contributed by atoms with Crippen LogP contribution in [0.1, 0.15) is 24.1 Å². The Kier molecular flexibility index (Phi) is 1.44. The standard InChI is InChI=1S/C8H10N6/c9-8-10-6-4-2-1-3-5(6)7-11-12-13-14(7)8/h1-4H2,(H2,9,10). The Bertz CT molecular complexity index is 488. The van der Waals surface area contributed by atoms with Gasteiger partial charge in [-0.2, -0.15) is 4.52 Å². The zero-order chi connectivity index (χ0) is 9.54. The fraction of sp³-hybridized carbons (Fsp3) is 0.500. The highest BCUT2D eigenvalue weighted by Crippen LogP contribution is 2.23. The van der Waals surface area contributed by atoms with Crippen LogP contribution in [0.5, 0.6) is 0 Å². The Morgan fingerprint density at radius 1 is 1.21 bits per heavy atom. The molecule has 6 nitrogen and oxygen atoms in total. The van der Waals surface area contributed by atoms with Crippen molar-refractivity contribution in [2.45, 2.75) is 25.7 Å². The third-order valence-electron chi connectivity index (χ3n) is 2.64. The molecule has 0 saturated carbocycles. The van der Waals surface area contributed by atoms with E-state index in [0.29, 0.717) is 5.95 Å². The molecule has 0 amide bonds. The van der Waals surface area contributed by atoms with Crippen LogP contribution in [0.3, 0.4) is 0 Å². The van der Waals surface area contributed by atoms with Gasteiger partial charge in [-0.3, -0.25) is 0 Å².